The number of methoxy groups -OCH3 is 1. The van der Waals surface area contributed by atoms with Crippen LogP contribution < -0.4 is 15.4 Å². The average Bonchev–Trinajstić information content (AvgIpc) is 2.67. The molecule has 2 aromatic rings. The number of hydrogen-bond donors (Lipinski definition) is 2. The zero-order valence-corrected chi connectivity index (χ0v) is 16.3. The van der Waals surface area contributed by atoms with E-state index in [9.17, 15) is 0 Å². The Morgan fingerprint density at radius 2 is 2.00 bits per heavy atom. The Hall–Kier alpha value is -1.85. The molecule has 136 valence electrons. The van der Waals surface area contributed by atoms with Gasteiger partial charge in [-0.15, -0.1) is 0 Å². The van der Waals surface area contributed by atoms with Crippen LogP contribution in [0.15, 0.2) is 47.5 Å². The van der Waals surface area contributed by atoms with Crippen molar-refractivity contribution >= 4 is 40.6 Å². The predicted molar refractivity (Wildman–Crippen MR) is 112 cm³/mol. The van der Waals surface area contributed by atoms with Gasteiger partial charge in [0.1, 0.15) is 11.6 Å². The predicted octanol–water partition coefficient (Wildman–Crippen LogP) is 5.05. The number of amidine groups is 1. The molecule has 2 aliphatic rings. The number of anilines is 2. The first-order valence-corrected chi connectivity index (χ1v) is 10.3. The lowest BCUT2D eigenvalue weighted by Gasteiger charge is -2.43. The minimum atomic E-state index is -0.120. The van der Waals surface area contributed by atoms with Crippen molar-refractivity contribution in [3.63, 3.8) is 0 Å². The maximum absolute atomic E-state index is 6.12. The highest BCUT2D eigenvalue weighted by atomic mass is 35.5. The smallest absolute Gasteiger partial charge is 0.127 e. The fourth-order valence-electron chi connectivity index (χ4n) is 3.51. The first-order valence-electron chi connectivity index (χ1n) is 8.79. The molecule has 0 bridgehead atoms. The van der Waals surface area contributed by atoms with Crippen molar-refractivity contribution in [1.82, 2.24) is 0 Å². The first kappa shape index (κ1) is 17.6. The van der Waals surface area contributed by atoms with Gasteiger partial charge in [0, 0.05) is 11.1 Å². The van der Waals surface area contributed by atoms with E-state index in [1.54, 1.807) is 7.11 Å². The second-order valence-corrected chi connectivity index (χ2v) is 8.31. The van der Waals surface area contributed by atoms with Gasteiger partial charge in [-0.1, -0.05) is 23.7 Å². The quantitative estimate of drug-likeness (QED) is 0.773. The lowest BCUT2D eigenvalue weighted by molar-refractivity contribution is 0.415. The summed E-state index contributed by atoms with van der Waals surface area (Å²) in [5.41, 5.74) is 3.12. The number of rotatable bonds is 3. The third kappa shape index (κ3) is 3.51. The monoisotopic (exact) mass is 387 g/mol. The van der Waals surface area contributed by atoms with E-state index in [0.29, 0.717) is 6.54 Å². The van der Waals surface area contributed by atoms with Crippen LogP contribution in [0, 0.1) is 0 Å². The summed E-state index contributed by atoms with van der Waals surface area (Å²) in [5, 5.41) is 8.10. The van der Waals surface area contributed by atoms with Gasteiger partial charge in [-0.05, 0) is 54.2 Å². The molecular weight excluding hydrogens is 366 g/mol. The Labute approximate surface area is 163 Å². The van der Waals surface area contributed by atoms with Crippen molar-refractivity contribution in [1.29, 1.82) is 0 Å². The van der Waals surface area contributed by atoms with Crippen LogP contribution in [0.5, 0.6) is 5.75 Å². The lowest BCUT2D eigenvalue weighted by Crippen LogP contribution is -2.54. The van der Waals surface area contributed by atoms with Crippen LogP contribution in [-0.2, 0) is 6.54 Å². The van der Waals surface area contributed by atoms with Crippen molar-refractivity contribution < 1.29 is 4.74 Å². The van der Waals surface area contributed by atoms with E-state index in [2.05, 4.69) is 22.8 Å². The van der Waals surface area contributed by atoms with Gasteiger partial charge >= 0.3 is 0 Å². The number of nitrogens with zero attached hydrogens (tertiary/aromatic N) is 1. The highest BCUT2D eigenvalue weighted by Crippen LogP contribution is 2.40. The fraction of sp³-hybridized carbons (Fsp3) is 0.350. The van der Waals surface area contributed by atoms with Crippen molar-refractivity contribution in [3.8, 4) is 5.75 Å². The fourth-order valence-corrected chi connectivity index (χ4v) is 4.91. The number of aliphatic imine (C=N–C) groups is 1. The van der Waals surface area contributed by atoms with Crippen LogP contribution in [0.25, 0.3) is 0 Å². The number of benzene rings is 2. The second kappa shape index (κ2) is 7.41. The van der Waals surface area contributed by atoms with Gasteiger partial charge in [0.05, 0.1) is 30.6 Å². The van der Waals surface area contributed by atoms with Gasteiger partial charge in [-0.2, -0.15) is 11.8 Å². The van der Waals surface area contributed by atoms with Crippen molar-refractivity contribution in [2.45, 2.75) is 24.9 Å². The minimum Gasteiger partial charge on any atom is -0.497 e. The summed E-state index contributed by atoms with van der Waals surface area (Å²) in [7, 11) is 1.69. The molecule has 0 amide bonds. The van der Waals surface area contributed by atoms with Gasteiger partial charge < -0.3 is 15.4 Å². The number of hydrogen-bond acceptors (Lipinski definition) is 4. The standard InChI is InChI=1S/C20H22ClN3OS/c1-25-16-5-6-17-18(12-16)23-19(20(24-17)7-9-26-10-8-20)22-13-14-3-2-4-15(21)11-14/h2-6,11-12,24H,7-10,13H2,1H3,(H,22,23). The molecule has 1 fully saturated rings. The third-order valence-electron chi connectivity index (χ3n) is 4.96. The molecule has 2 N–H and O–H groups in total. The topological polar surface area (TPSA) is 45.6 Å². The average molecular weight is 388 g/mol. The largest absolute Gasteiger partial charge is 0.497 e. The molecular formula is C20H22ClN3OS. The molecule has 4 rings (SSSR count). The SMILES string of the molecule is COc1ccc2c(c1)NC(=NCc1cccc(Cl)c1)C1(CCSCC1)N2. The maximum Gasteiger partial charge on any atom is 0.127 e. The molecule has 0 aromatic heterocycles. The summed E-state index contributed by atoms with van der Waals surface area (Å²) in [5.74, 6) is 4.12. The number of ether oxygens (including phenoxy) is 1. The zero-order valence-electron chi connectivity index (χ0n) is 14.7. The number of thioether (sulfide) groups is 1. The molecule has 26 heavy (non-hydrogen) atoms. The summed E-state index contributed by atoms with van der Waals surface area (Å²) in [6.07, 6.45) is 2.12. The molecule has 0 aliphatic carbocycles. The molecule has 4 nitrogen and oxygen atoms in total. The van der Waals surface area contributed by atoms with Crippen LogP contribution in [-0.4, -0.2) is 30.0 Å². The van der Waals surface area contributed by atoms with Crippen molar-refractivity contribution in [2.24, 2.45) is 4.99 Å². The molecule has 0 saturated carbocycles. The molecule has 2 aliphatic heterocycles. The summed E-state index contributed by atoms with van der Waals surface area (Å²) in [6.45, 7) is 0.610. The van der Waals surface area contributed by atoms with Gasteiger partial charge in [-0.3, -0.25) is 4.99 Å². The van der Waals surface area contributed by atoms with Crippen LogP contribution in [0.2, 0.25) is 5.02 Å². The molecule has 1 spiro atoms. The Morgan fingerprint density at radius 1 is 1.15 bits per heavy atom. The van der Waals surface area contributed by atoms with E-state index in [1.807, 2.05) is 42.1 Å². The van der Waals surface area contributed by atoms with E-state index in [0.717, 1.165) is 57.9 Å². The maximum atomic E-state index is 6.12. The van der Waals surface area contributed by atoms with Gasteiger partial charge in [0.15, 0.2) is 0 Å². The summed E-state index contributed by atoms with van der Waals surface area (Å²) < 4.78 is 5.37. The van der Waals surface area contributed by atoms with E-state index >= 15 is 0 Å². The highest BCUT2D eigenvalue weighted by Gasteiger charge is 2.41. The molecule has 0 atom stereocenters. The lowest BCUT2D eigenvalue weighted by atomic mass is 9.87. The molecule has 0 unspecified atom stereocenters. The molecule has 6 heteroatoms. The van der Waals surface area contributed by atoms with E-state index in [1.165, 1.54) is 0 Å². The number of nitrogens with one attached hydrogen (secondary N) is 2. The Morgan fingerprint density at radius 3 is 2.77 bits per heavy atom. The van der Waals surface area contributed by atoms with Crippen molar-refractivity contribution in [3.05, 3.63) is 53.1 Å². The first-order chi connectivity index (χ1) is 12.7. The normalized spacial score (nSPS) is 19.5. The van der Waals surface area contributed by atoms with Crippen LogP contribution in [0.4, 0.5) is 11.4 Å². The number of fused-ring (bicyclic) bond motifs is 1. The Kier molecular flexibility index (Phi) is 5.00. The van der Waals surface area contributed by atoms with E-state index in [-0.39, 0.29) is 5.54 Å². The van der Waals surface area contributed by atoms with Crippen molar-refractivity contribution in [2.75, 3.05) is 29.2 Å². The van der Waals surface area contributed by atoms with E-state index in [4.69, 9.17) is 21.3 Å². The summed E-state index contributed by atoms with van der Waals surface area (Å²) >= 11 is 8.12. The minimum absolute atomic E-state index is 0.120. The molecule has 2 heterocycles. The molecule has 2 aromatic carbocycles. The second-order valence-electron chi connectivity index (χ2n) is 6.65. The zero-order chi connectivity index (χ0) is 18.0. The molecule has 1 saturated heterocycles. The van der Waals surface area contributed by atoms with Gasteiger partial charge in [0.2, 0.25) is 0 Å². The van der Waals surface area contributed by atoms with Gasteiger partial charge in [-0.25, -0.2) is 0 Å². The molecule has 0 radical (unpaired) electrons. The van der Waals surface area contributed by atoms with E-state index < -0.39 is 0 Å². The van der Waals surface area contributed by atoms with Crippen LogP contribution in [0.3, 0.4) is 0 Å². The van der Waals surface area contributed by atoms with Gasteiger partial charge in [0.25, 0.3) is 0 Å². The summed E-state index contributed by atoms with van der Waals surface area (Å²) in [4.78, 5) is 4.96. The summed E-state index contributed by atoms with van der Waals surface area (Å²) in [6, 6.07) is 14.0. The Balaban J connectivity index is 1.67. The Bertz CT molecular complexity index is 834. The van der Waals surface area contributed by atoms with Crippen LogP contribution in [0.1, 0.15) is 18.4 Å². The van der Waals surface area contributed by atoms with Crippen LogP contribution >= 0.6 is 23.4 Å². The number of halogens is 1. The third-order valence-corrected chi connectivity index (χ3v) is 6.18. The highest BCUT2D eigenvalue weighted by molar-refractivity contribution is 7.99.